The normalized spacial score (nSPS) is 17.4. The number of amides is 1. The molecule has 0 unspecified atom stereocenters. The Labute approximate surface area is 158 Å². The Balaban J connectivity index is 1.62. The fourth-order valence-corrected chi connectivity index (χ4v) is 3.79. The van der Waals surface area contributed by atoms with Gasteiger partial charge in [-0.3, -0.25) is 19.1 Å². The van der Waals surface area contributed by atoms with Crippen molar-refractivity contribution in [3.8, 4) is 0 Å². The number of nitrogens with zero attached hydrogens (tertiary/aromatic N) is 4. The Bertz CT molecular complexity index is 1030. The van der Waals surface area contributed by atoms with E-state index in [0.717, 1.165) is 17.3 Å². The smallest absolute Gasteiger partial charge is 0.261 e. The van der Waals surface area contributed by atoms with E-state index in [1.807, 2.05) is 18.2 Å². The molecule has 1 aromatic carbocycles. The fraction of sp³-hybridized carbons (Fsp3) is 0.263. The van der Waals surface area contributed by atoms with Crippen LogP contribution in [0.2, 0.25) is 0 Å². The highest BCUT2D eigenvalue weighted by atomic mass is 79.9. The molecule has 1 aliphatic rings. The molecule has 6 nitrogen and oxygen atoms in total. The third-order valence-corrected chi connectivity index (χ3v) is 5.15. The maximum atomic E-state index is 12.8. The molecule has 0 N–H and O–H groups in total. The van der Waals surface area contributed by atoms with Gasteiger partial charge in [-0.05, 0) is 47.0 Å². The van der Waals surface area contributed by atoms with Crippen molar-refractivity contribution in [3.63, 3.8) is 0 Å². The second-order valence-corrected chi connectivity index (χ2v) is 7.33. The summed E-state index contributed by atoms with van der Waals surface area (Å²) in [6, 6.07) is 9.03. The highest BCUT2D eigenvalue weighted by Crippen LogP contribution is 2.23. The number of halogens is 1. The number of fused-ring (bicyclic) bond motifs is 1. The number of carbonyl (C=O) groups is 1. The zero-order valence-electron chi connectivity index (χ0n) is 14.0. The summed E-state index contributed by atoms with van der Waals surface area (Å²) in [5.74, 6) is -0.0645. The topological polar surface area (TPSA) is 68.1 Å². The summed E-state index contributed by atoms with van der Waals surface area (Å²) < 4.78 is 2.44. The number of hydrogen-bond donors (Lipinski definition) is 0. The molecule has 0 bridgehead atoms. The van der Waals surface area contributed by atoms with Crippen molar-refractivity contribution < 1.29 is 4.79 Å². The van der Waals surface area contributed by atoms with Crippen molar-refractivity contribution in [3.05, 3.63) is 69.4 Å². The van der Waals surface area contributed by atoms with E-state index >= 15 is 0 Å². The van der Waals surface area contributed by atoms with Gasteiger partial charge < -0.3 is 4.90 Å². The van der Waals surface area contributed by atoms with Crippen molar-refractivity contribution >= 4 is 32.7 Å². The van der Waals surface area contributed by atoms with Gasteiger partial charge in [0.15, 0.2) is 0 Å². The van der Waals surface area contributed by atoms with Gasteiger partial charge in [0.05, 0.1) is 28.8 Å². The van der Waals surface area contributed by atoms with E-state index in [-0.39, 0.29) is 17.5 Å². The van der Waals surface area contributed by atoms with Gasteiger partial charge in [0, 0.05) is 30.0 Å². The fourth-order valence-electron chi connectivity index (χ4n) is 3.42. The molecule has 1 amide bonds. The number of carbonyl (C=O) groups excluding carboxylic acids is 1. The summed E-state index contributed by atoms with van der Waals surface area (Å²) in [6.45, 7) is 1.17. The molecule has 0 aliphatic carbocycles. The zero-order valence-corrected chi connectivity index (χ0v) is 15.6. The largest absolute Gasteiger partial charge is 0.337 e. The van der Waals surface area contributed by atoms with Crippen LogP contribution in [0, 0.1) is 0 Å². The second kappa shape index (κ2) is 6.99. The number of pyridine rings is 1. The van der Waals surface area contributed by atoms with Gasteiger partial charge in [-0.2, -0.15) is 0 Å². The number of hydrogen-bond acceptors (Lipinski definition) is 4. The molecular formula is C19H17BrN4O2. The first-order chi connectivity index (χ1) is 12.6. The van der Waals surface area contributed by atoms with Crippen molar-refractivity contribution in [2.45, 2.75) is 18.9 Å². The van der Waals surface area contributed by atoms with Crippen LogP contribution in [0.3, 0.4) is 0 Å². The Morgan fingerprint density at radius 3 is 2.92 bits per heavy atom. The van der Waals surface area contributed by atoms with Crippen LogP contribution in [0.25, 0.3) is 10.9 Å². The lowest BCUT2D eigenvalue weighted by molar-refractivity contribution is 0.0677. The third-order valence-electron chi connectivity index (χ3n) is 4.72. The lowest BCUT2D eigenvalue weighted by Gasteiger charge is -2.33. The summed E-state index contributed by atoms with van der Waals surface area (Å²) in [5.41, 5.74) is 1.18. The minimum absolute atomic E-state index is 0.0565. The highest BCUT2D eigenvalue weighted by Gasteiger charge is 2.26. The van der Waals surface area contributed by atoms with Crippen LogP contribution in [-0.2, 0) is 0 Å². The summed E-state index contributed by atoms with van der Waals surface area (Å²) >= 11 is 3.35. The number of para-hydroxylation sites is 1. The minimum Gasteiger partial charge on any atom is -0.337 e. The number of aromatic nitrogens is 3. The maximum Gasteiger partial charge on any atom is 0.261 e. The van der Waals surface area contributed by atoms with E-state index in [9.17, 15) is 9.59 Å². The lowest BCUT2D eigenvalue weighted by atomic mass is 10.0. The molecule has 0 saturated carbocycles. The molecule has 3 heterocycles. The van der Waals surface area contributed by atoms with Gasteiger partial charge in [0.2, 0.25) is 0 Å². The molecular weight excluding hydrogens is 396 g/mol. The number of likely N-dealkylation sites (tertiary alicyclic amines) is 1. The Hall–Kier alpha value is -2.54. The van der Waals surface area contributed by atoms with Crippen molar-refractivity contribution in [1.82, 2.24) is 19.4 Å². The molecule has 1 aliphatic heterocycles. The first-order valence-corrected chi connectivity index (χ1v) is 9.28. The highest BCUT2D eigenvalue weighted by molar-refractivity contribution is 9.10. The summed E-state index contributed by atoms with van der Waals surface area (Å²) in [4.78, 5) is 35.9. The number of rotatable bonds is 2. The average molecular weight is 413 g/mol. The Kier molecular flexibility index (Phi) is 4.55. The van der Waals surface area contributed by atoms with E-state index < -0.39 is 0 Å². The lowest BCUT2D eigenvalue weighted by Crippen LogP contribution is -2.43. The SMILES string of the molecule is O=C(c1cncc(Br)c1)N1CCC[C@@H](n2cnc3ccccc3c2=O)C1. The van der Waals surface area contributed by atoms with Gasteiger partial charge in [-0.15, -0.1) is 0 Å². The number of benzene rings is 1. The van der Waals surface area contributed by atoms with Crippen LogP contribution in [0.4, 0.5) is 0 Å². The Morgan fingerprint density at radius 2 is 2.08 bits per heavy atom. The van der Waals surface area contributed by atoms with Crippen molar-refractivity contribution in [2.24, 2.45) is 0 Å². The van der Waals surface area contributed by atoms with Gasteiger partial charge in [0.25, 0.3) is 11.5 Å². The molecule has 1 saturated heterocycles. The molecule has 4 rings (SSSR count). The molecule has 1 fully saturated rings. The van der Waals surface area contributed by atoms with E-state index in [0.29, 0.717) is 29.6 Å². The van der Waals surface area contributed by atoms with Crippen molar-refractivity contribution in [2.75, 3.05) is 13.1 Å². The molecule has 2 aromatic heterocycles. The maximum absolute atomic E-state index is 12.8. The summed E-state index contributed by atoms with van der Waals surface area (Å²) in [6.07, 6.45) is 6.51. The molecule has 1 atom stereocenters. The van der Waals surface area contributed by atoms with Crippen LogP contribution in [0.1, 0.15) is 29.2 Å². The predicted molar refractivity (Wildman–Crippen MR) is 102 cm³/mol. The summed E-state index contributed by atoms with van der Waals surface area (Å²) in [5, 5.41) is 0.606. The van der Waals surface area contributed by atoms with Gasteiger partial charge in [-0.1, -0.05) is 12.1 Å². The molecule has 0 spiro atoms. The molecule has 26 heavy (non-hydrogen) atoms. The summed E-state index contributed by atoms with van der Waals surface area (Å²) in [7, 11) is 0. The molecule has 0 radical (unpaired) electrons. The minimum atomic E-state index is -0.0718. The van der Waals surface area contributed by atoms with Crippen LogP contribution >= 0.6 is 15.9 Å². The first kappa shape index (κ1) is 16.9. The first-order valence-electron chi connectivity index (χ1n) is 8.49. The third kappa shape index (κ3) is 3.14. The molecule has 3 aromatic rings. The standard InChI is InChI=1S/C19H17BrN4O2/c20-14-8-13(9-21-10-14)18(25)23-7-3-4-15(11-23)24-12-22-17-6-2-1-5-16(17)19(24)26/h1-2,5-6,8-10,12,15H,3-4,7,11H2/t15-/m1/s1. The van der Waals surface area contributed by atoms with Gasteiger partial charge >= 0.3 is 0 Å². The molecule has 132 valence electrons. The van der Waals surface area contributed by atoms with E-state index in [1.165, 1.54) is 0 Å². The predicted octanol–water partition coefficient (Wildman–Crippen LogP) is 3.03. The van der Waals surface area contributed by atoms with Gasteiger partial charge in [0.1, 0.15) is 0 Å². The van der Waals surface area contributed by atoms with Gasteiger partial charge in [-0.25, -0.2) is 4.98 Å². The van der Waals surface area contributed by atoms with Crippen LogP contribution in [0.5, 0.6) is 0 Å². The van der Waals surface area contributed by atoms with Crippen molar-refractivity contribution in [1.29, 1.82) is 0 Å². The Morgan fingerprint density at radius 1 is 1.23 bits per heavy atom. The second-order valence-electron chi connectivity index (χ2n) is 6.41. The van der Waals surface area contributed by atoms with Crippen LogP contribution in [0.15, 0.2) is 58.3 Å². The zero-order chi connectivity index (χ0) is 18.1. The van der Waals surface area contributed by atoms with E-state index in [2.05, 4.69) is 25.9 Å². The number of piperidine rings is 1. The van der Waals surface area contributed by atoms with E-state index in [1.54, 1.807) is 40.3 Å². The van der Waals surface area contributed by atoms with E-state index in [4.69, 9.17) is 0 Å². The van der Waals surface area contributed by atoms with Crippen LogP contribution in [-0.4, -0.2) is 38.4 Å². The molecule has 7 heteroatoms. The average Bonchev–Trinajstić information content (AvgIpc) is 2.68. The quantitative estimate of drug-likeness (QED) is 0.648. The monoisotopic (exact) mass is 412 g/mol. The van der Waals surface area contributed by atoms with Crippen LogP contribution < -0.4 is 5.56 Å².